The molecule has 0 radical (unpaired) electrons. The van der Waals surface area contributed by atoms with Crippen molar-refractivity contribution in [1.82, 2.24) is 5.32 Å². The van der Waals surface area contributed by atoms with Crippen molar-refractivity contribution in [2.75, 3.05) is 13.6 Å². The fourth-order valence-corrected chi connectivity index (χ4v) is 0.931. The average molecular weight is 197 g/mol. The van der Waals surface area contributed by atoms with Crippen molar-refractivity contribution >= 4 is 5.78 Å². The van der Waals surface area contributed by atoms with Gasteiger partial charge in [0.25, 0.3) is 0 Å². The van der Waals surface area contributed by atoms with Gasteiger partial charge in [-0.1, -0.05) is 6.92 Å². The molecule has 1 atom stereocenters. The zero-order chi connectivity index (χ0) is 10.5. The minimum absolute atomic E-state index is 0.340. The smallest absolute Gasteiger partial charge is 0.319 e. The summed E-state index contributed by atoms with van der Waals surface area (Å²) >= 11 is 0. The van der Waals surface area contributed by atoms with Crippen LogP contribution in [0.1, 0.15) is 19.8 Å². The summed E-state index contributed by atoms with van der Waals surface area (Å²) in [4.78, 5) is 11.0. The predicted octanol–water partition coefficient (Wildman–Crippen LogP) is 1.75. The van der Waals surface area contributed by atoms with Crippen LogP contribution in [0, 0.1) is 5.92 Å². The second-order valence-corrected chi connectivity index (χ2v) is 3.04. The summed E-state index contributed by atoms with van der Waals surface area (Å²) in [6.45, 7) is 2.05. The quantitative estimate of drug-likeness (QED) is 0.727. The van der Waals surface area contributed by atoms with Gasteiger partial charge in [-0.05, 0) is 7.05 Å². The van der Waals surface area contributed by atoms with Crippen molar-refractivity contribution in [1.29, 1.82) is 0 Å². The summed E-state index contributed by atoms with van der Waals surface area (Å²) < 4.78 is 35.1. The Hall–Kier alpha value is -0.580. The minimum Gasteiger partial charge on any atom is -0.319 e. The zero-order valence-electron chi connectivity index (χ0n) is 7.74. The highest BCUT2D eigenvalue weighted by atomic mass is 19.4. The number of carbonyl (C=O) groups excluding carboxylic acids is 1. The molecule has 0 spiro atoms. The van der Waals surface area contributed by atoms with Gasteiger partial charge in [-0.15, -0.1) is 0 Å². The number of hydrogen-bond donors (Lipinski definition) is 1. The number of rotatable bonds is 5. The van der Waals surface area contributed by atoms with Gasteiger partial charge in [0.2, 0.25) is 0 Å². The number of Topliss-reactive ketones (excluding diaryl/α,β-unsaturated/α-hetero) is 1. The van der Waals surface area contributed by atoms with Gasteiger partial charge in [-0.25, -0.2) is 0 Å². The molecular weight excluding hydrogens is 183 g/mol. The summed E-state index contributed by atoms with van der Waals surface area (Å²) in [7, 11) is 1.66. The first-order valence-electron chi connectivity index (χ1n) is 4.11. The Morgan fingerprint density at radius 2 is 2.00 bits per heavy atom. The van der Waals surface area contributed by atoms with Crippen LogP contribution < -0.4 is 5.32 Å². The van der Waals surface area contributed by atoms with Crippen LogP contribution in [-0.2, 0) is 4.79 Å². The molecule has 0 aromatic carbocycles. The molecule has 0 aromatic heterocycles. The molecule has 0 rings (SSSR count). The lowest BCUT2D eigenvalue weighted by molar-refractivity contribution is -0.144. The fourth-order valence-electron chi connectivity index (χ4n) is 0.931. The number of carbonyl (C=O) groups is 1. The molecule has 0 saturated heterocycles. The summed E-state index contributed by atoms with van der Waals surface area (Å²) in [5.74, 6) is -0.681. The van der Waals surface area contributed by atoms with Gasteiger partial charge in [0.15, 0.2) is 0 Å². The van der Waals surface area contributed by atoms with Crippen molar-refractivity contribution in [3.8, 4) is 0 Å². The van der Waals surface area contributed by atoms with E-state index in [0.29, 0.717) is 6.54 Å². The van der Waals surface area contributed by atoms with Crippen LogP contribution in [0.25, 0.3) is 0 Å². The highest BCUT2D eigenvalue weighted by Gasteiger charge is 2.28. The highest BCUT2D eigenvalue weighted by Crippen LogP contribution is 2.22. The molecule has 0 fully saturated rings. The molecule has 1 N–H and O–H groups in total. The van der Waals surface area contributed by atoms with Crippen LogP contribution in [0.2, 0.25) is 0 Å². The lowest BCUT2D eigenvalue weighted by Gasteiger charge is -2.10. The Bertz CT molecular complexity index is 167. The van der Waals surface area contributed by atoms with Gasteiger partial charge >= 0.3 is 6.18 Å². The second kappa shape index (κ2) is 5.21. The normalized spacial score (nSPS) is 14.2. The largest absolute Gasteiger partial charge is 0.389 e. The average Bonchev–Trinajstić information content (AvgIpc) is 1.99. The molecule has 0 aliphatic heterocycles. The standard InChI is InChI=1S/C8H14F3NO/c1-6(5-12-2)7(13)3-4-8(9,10)11/h6,12H,3-5H2,1-2H3. The first-order chi connectivity index (χ1) is 5.87. The number of halogens is 3. The monoisotopic (exact) mass is 197 g/mol. The van der Waals surface area contributed by atoms with E-state index in [0.717, 1.165) is 0 Å². The van der Waals surface area contributed by atoms with Gasteiger partial charge < -0.3 is 5.32 Å². The van der Waals surface area contributed by atoms with Crippen LogP contribution in [0.4, 0.5) is 13.2 Å². The number of nitrogens with one attached hydrogen (secondary N) is 1. The molecule has 0 amide bonds. The summed E-state index contributed by atoms with van der Waals surface area (Å²) in [6, 6.07) is 0. The third kappa shape index (κ3) is 6.57. The number of hydrogen-bond acceptors (Lipinski definition) is 2. The van der Waals surface area contributed by atoms with E-state index in [-0.39, 0.29) is 11.7 Å². The Morgan fingerprint density at radius 1 is 1.46 bits per heavy atom. The number of alkyl halides is 3. The Balaban J connectivity index is 3.74. The second-order valence-electron chi connectivity index (χ2n) is 3.04. The summed E-state index contributed by atoms with van der Waals surface area (Å²) in [5.41, 5.74) is 0. The van der Waals surface area contributed by atoms with Gasteiger partial charge in [0.05, 0.1) is 6.42 Å². The third-order valence-corrected chi connectivity index (χ3v) is 1.71. The lowest BCUT2D eigenvalue weighted by atomic mass is 10.0. The molecule has 0 heterocycles. The molecule has 0 aliphatic carbocycles. The van der Waals surface area contributed by atoms with Gasteiger partial charge in [0, 0.05) is 18.9 Å². The van der Waals surface area contributed by atoms with Crippen molar-refractivity contribution in [2.24, 2.45) is 5.92 Å². The van der Waals surface area contributed by atoms with E-state index < -0.39 is 19.0 Å². The molecule has 1 unspecified atom stereocenters. The lowest BCUT2D eigenvalue weighted by Crippen LogP contribution is -2.24. The number of ketones is 1. The van der Waals surface area contributed by atoms with Crippen molar-refractivity contribution in [3.05, 3.63) is 0 Å². The van der Waals surface area contributed by atoms with E-state index in [1.54, 1.807) is 14.0 Å². The Morgan fingerprint density at radius 3 is 2.38 bits per heavy atom. The van der Waals surface area contributed by atoms with E-state index >= 15 is 0 Å². The van der Waals surface area contributed by atoms with Gasteiger partial charge in [0.1, 0.15) is 5.78 Å². The maximum absolute atomic E-state index is 11.7. The Kier molecular flexibility index (Phi) is 4.98. The third-order valence-electron chi connectivity index (χ3n) is 1.71. The molecule has 13 heavy (non-hydrogen) atoms. The van der Waals surface area contributed by atoms with E-state index in [1.165, 1.54) is 0 Å². The van der Waals surface area contributed by atoms with Crippen LogP contribution >= 0.6 is 0 Å². The predicted molar refractivity (Wildman–Crippen MR) is 43.4 cm³/mol. The molecular formula is C8H14F3NO. The first kappa shape index (κ1) is 12.4. The molecule has 0 aliphatic rings. The Labute approximate surface area is 75.5 Å². The van der Waals surface area contributed by atoms with Crippen molar-refractivity contribution in [3.63, 3.8) is 0 Å². The molecule has 0 aromatic rings. The maximum Gasteiger partial charge on any atom is 0.389 e. The van der Waals surface area contributed by atoms with Gasteiger partial charge in [-0.2, -0.15) is 13.2 Å². The molecule has 5 heteroatoms. The van der Waals surface area contributed by atoms with Gasteiger partial charge in [-0.3, -0.25) is 4.79 Å². The molecule has 78 valence electrons. The van der Waals surface area contributed by atoms with Crippen molar-refractivity contribution in [2.45, 2.75) is 25.9 Å². The van der Waals surface area contributed by atoms with E-state index in [9.17, 15) is 18.0 Å². The molecule has 2 nitrogen and oxygen atoms in total. The topological polar surface area (TPSA) is 29.1 Å². The maximum atomic E-state index is 11.7. The SMILES string of the molecule is CNCC(C)C(=O)CCC(F)(F)F. The molecule has 0 bridgehead atoms. The van der Waals surface area contributed by atoms with Crippen molar-refractivity contribution < 1.29 is 18.0 Å². The first-order valence-corrected chi connectivity index (χ1v) is 4.11. The van der Waals surface area contributed by atoms with Crippen LogP contribution in [0.5, 0.6) is 0 Å². The van der Waals surface area contributed by atoms with Crippen LogP contribution in [0.15, 0.2) is 0 Å². The highest BCUT2D eigenvalue weighted by molar-refractivity contribution is 5.80. The van der Waals surface area contributed by atoms with E-state index in [1.807, 2.05) is 0 Å². The summed E-state index contributed by atoms with van der Waals surface area (Å²) in [6.07, 6.45) is -5.65. The zero-order valence-corrected chi connectivity index (χ0v) is 7.74. The van der Waals surface area contributed by atoms with Crippen LogP contribution in [0.3, 0.4) is 0 Å². The summed E-state index contributed by atoms with van der Waals surface area (Å²) in [5, 5.41) is 2.74. The fraction of sp³-hybridized carbons (Fsp3) is 0.875. The van der Waals surface area contributed by atoms with Crippen LogP contribution in [-0.4, -0.2) is 25.6 Å². The molecule has 0 saturated carbocycles. The van der Waals surface area contributed by atoms with E-state index in [4.69, 9.17) is 0 Å². The van der Waals surface area contributed by atoms with E-state index in [2.05, 4.69) is 5.32 Å². The minimum atomic E-state index is -4.23.